The van der Waals surface area contributed by atoms with Gasteiger partial charge in [0.2, 0.25) is 5.91 Å². The molecule has 0 aliphatic carbocycles. The Morgan fingerprint density at radius 1 is 1.10 bits per heavy atom. The molecule has 0 aromatic heterocycles. The van der Waals surface area contributed by atoms with Crippen LogP contribution in [0.3, 0.4) is 0 Å². The zero-order chi connectivity index (χ0) is 25.3. The van der Waals surface area contributed by atoms with Crippen LogP contribution in [0.4, 0.5) is 0 Å². The van der Waals surface area contributed by atoms with E-state index in [2.05, 4.69) is 38.1 Å². The minimum absolute atomic E-state index is 0.0817. The van der Waals surface area contributed by atoms with Crippen molar-refractivity contribution in [2.24, 2.45) is 0 Å². The lowest BCUT2D eigenvalue weighted by atomic mass is 10.3. The van der Waals surface area contributed by atoms with Gasteiger partial charge in [-0.1, -0.05) is 38.1 Å². The molecule has 29 heavy (non-hydrogen) atoms. The van der Waals surface area contributed by atoms with Gasteiger partial charge < -0.3 is 15.3 Å². The highest BCUT2D eigenvalue weighted by Crippen LogP contribution is 1.93. The zero-order valence-corrected chi connectivity index (χ0v) is 17.3. The molecule has 7 heteroatoms. The number of carbonyl (C=O) groups excluding carboxylic acids is 1. The summed E-state index contributed by atoms with van der Waals surface area (Å²) in [5.41, 5.74) is 0. The highest BCUT2D eigenvalue weighted by Gasteiger charge is 2.08. The van der Waals surface area contributed by atoms with Crippen LogP contribution in [-0.2, 0) is 9.59 Å². The second-order valence-corrected chi connectivity index (χ2v) is 4.18. The van der Waals surface area contributed by atoms with Gasteiger partial charge in [0.1, 0.15) is 14.2 Å². The number of carbonyl (C=O) groups is 2. The average molecular weight is 405 g/mol. The fourth-order valence-corrected chi connectivity index (χ4v) is 1.12. The van der Waals surface area contributed by atoms with Crippen LogP contribution < -0.4 is 5.32 Å². The van der Waals surface area contributed by atoms with Gasteiger partial charge >= 0.3 is 5.97 Å². The van der Waals surface area contributed by atoms with Gasteiger partial charge in [-0.25, -0.2) is 0 Å². The first-order chi connectivity index (χ1) is 14.8. The third-order valence-electron chi connectivity index (χ3n) is 2.09. The van der Waals surface area contributed by atoms with E-state index in [0.717, 1.165) is 13.1 Å². The molecule has 0 radical (unpaired) electrons. The van der Waals surface area contributed by atoms with Crippen LogP contribution in [0.5, 0.6) is 0 Å². The number of amides is 1. The van der Waals surface area contributed by atoms with Crippen LogP contribution in [0.2, 0.25) is 0 Å². The van der Waals surface area contributed by atoms with Gasteiger partial charge in [0.05, 0.1) is 12.1 Å². The van der Waals surface area contributed by atoms with Gasteiger partial charge in [-0.15, -0.1) is 39.1 Å². The van der Waals surface area contributed by atoms with E-state index >= 15 is 0 Å². The van der Waals surface area contributed by atoms with Crippen molar-refractivity contribution in [2.45, 2.75) is 26.7 Å². The van der Waals surface area contributed by atoms with E-state index in [4.69, 9.17) is 18.4 Å². The summed E-state index contributed by atoms with van der Waals surface area (Å²) in [6.45, 7) is 19.1. The lowest BCUT2D eigenvalue weighted by molar-refractivity contribution is -0.135. The molecule has 0 aliphatic rings. The third kappa shape index (κ3) is 45.5. The number of rotatable bonds is 10. The molecule has 0 spiro atoms. The van der Waals surface area contributed by atoms with Crippen molar-refractivity contribution in [3.8, 4) is 25.0 Å². The largest absolute Gasteiger partial charge is 0.480 e. The lowest BCUT2D eigenvalue weighted by Crippen LogP contribution is -2.30. The second kappa shape index (κ2) is 39.5. The molecule has 0 saturated carbocycles. The minimum atomic E-state index is -1.07. The van der Waals surface area contributed by atoms with Crippen LogP contribution >= 0.6 is 0 Å². The molecule has 0 atom stereocenters. The number of nitriles is 2. The first kappa shape index (κ1) is 30.1. The molecule has 0 saturated heterocycles. The van der Waals surface area contributed by atoms with Gasteiger partial charge in [0.15, 0.2) is 0 Å². The summed E-state index contributed by atoms with van der Waals surface area (Å²) in [4.78, 5) is 22.0. The van der Waals surface area contributed by atoms with Crippen molar-refractivity contribution in [3.05, 3.63) is 50.6 Å². The Kier molecular flexibility index (Phi) is 41.0. The number of terminal acetylenes is 1. The van der Waals surface area contributed by atoms with Crippen LogP contribution in [0.25, 0.3) is 0 Å². The van der Waals surface area contributed by atoms with Crippen molar-refractivity contribution in [2.75, 3.05) is 26.2 Å². The Balaban J connectivity index is -0.000000102. The minimum Gasteiger partial charge on any atom is -0.480 e. The van der Waals surface area contributed by atoms with E-state index in [1.807, 2.05) is 12.2 Å². The van der Waals surface area contributed by atoms with E-state index in [0.29, 0.717) is 20.0 Å². The molecule has 0 aliphatic heterocycles. The smallest absolute Gasteiger partial charge is 0.317 e. The summed E-state index contributed by atoms with van der Waals surface area (Å²) in [6.07, 6.45) is 12.2. The summed E-state index contributed by atoms with van der Waals surface area (Å²) in [7, 11) is 0. The van der Waals surface area contributed by atoms with E-state index in [1.165, 1.54) is 17.4 Å². The molecule has 0 aromatic rings. The van der Waals surface area contributed by atoms with Gasteiger partial charge in [-0.05, 0) is 0 Å². The third-order valence-corrected chi connectivity index (χ3v) is 2.09. The quantitative estimate of drug-likeness (QED) is 0.328. The fraction of sp³-hybridized carbons (Fsp3) is 0.364. The molecule has 1 amide bonds. The molecule has 160 valence electrons. The Labute approximate surface area is 179 Å². The number of aliphatic carboxylic acids is 1. The Morgan fingerprint density at radius 2 is 1.48 bits per heavy atom. The standard InChI is InChI=1S/C9H12N2O.C6H11N.C3H3NO2.C2H6.C2H2/c1-3-7-11(8-4-2)9(12)5-6-10;1-3-5-7-6-4-2;4-2-1-3(5)6;2*1-2/h3-4H,1-2,5,7-8H2;3-4,7H,1-2,5-6H2;1H2,(H,5,6);1-2H3;1-2H/i;;;2*1D. The highest BCUT2D eigenvalue weighted by molar-refractivity contribution is 5.78. The average Bonchev–Trinajstić information content (AvgIpc) is 2.70. The Bertz CT molecular complexity index is 585. The van der Waals surface area contributed by atoms with Crippen LogP contribution in [0.1, 0.15) is 29.4 Å². The first-order valence-corrected chi connectivity index (χ1v) is 8.32. The molecule has 0 aromatic carbocycles. The SMILES string of the molecule is C=CCN(CC=C)C(=O)CC#N.C=CCNCC=C.N#CCC(=O)O.[2H]C#C.[2H]CC. The van der Waals surface area contributed by atoms with Crippen molar-refractivity contribution in [1.82, 2.24) is 10.2 Å². The second-order valence-electron chi connectivity index (χ2n) is 4.18. The van der Waals surface area contributed by atoms with Crippen molar-refractivity contribution < 1.29 is 17.4 Å². The maximum absolute atomic E-state index is 11.1. The number of nitrogens with zero attached hydrogens (tertiary/aromatic N) is 3. The number of hydrogen-bond acceptors (Lipinski definition) is 5. The Morgan fingerprint density at radius 3 is 1.69 bits per heavy atom. The molecule has 7 nitrogen and oxygen atoms in total. The molecular weight excluding hydrogens is 368 g/mol. The topological polar surface area (TPSA) is 117 Å². The summed E-state index contributed by atoms with van der Waals surface area (Å²) in [6, 6.07) is 3.27. The van der Waals surface area contributed by atoms with E-state index in [9.17, 15) is 9.59 Å². The number of nitrogens with one attached hydrogen (secondary N) is 1. The maximum Gasteiger partial charge on any atom is 0.317 e. The maximum atomic E-state index is 11.1. The van der Waals surface area contributed by atoms with Gasteiger partial charge in [0.25, 0.3) is 0 Å². The van der Waals surface area contributed by atoms with Crippen molar-refractivity contribution in [3.63, 3.8) is 0 Å². The van der Waals surface area contributed by atoms with E-state index < -0.39 is 12.4 Å². The normalized spacial score (nSPS) is 7.66. The Hall–Kier alpha value is -3.60. The molecule has 2 N–H and O–H groups in total. The van der Waals surface area contributed by atoms with E-state index in [1.54, 1.807) is 25.1 Å². The van der Waals surface area contributed by atoms with Crippen LogP contribution in [0.15, 0.2) is 50.6 Å². The van der Waals surface area contributed by atoms with Gasteiger partial charge in [-0.3, -0.25) is 9.59 Å². The zero-order valence-electron chi connectivity index (χ0n) is 19.3. The molecule has 0 bridgehead atoms. The predicted octanol–water partition coefficient (Wildman–Crippen LogP) is 3.31. The number of hydrogen-bond donors (Lipinski definition) is 2. The molecule has 0 unspecified atom stereocenters. The molecular formula is C22H34N4O3. The van der Waals surface area contributed by atoms with Gasteiger partial charge in [0, 0.05) is 27.5 Å². The van der Waals surface area contributed by atoms with Crippen LogP contribution in [0, 0.1) is 35.5 Å². The summed E-state index contributed by atoms with van der Waals surface area (Å²) < 4.78 is 11.9. The van der Waals surface area contributed by atoms with Crippen LogP contribution in [-0.4, -0.2) is 48.1 Å². The number of carboxylic acids is 1. The molecule has 0 fully saturated rings. The van der Waals surface area contributed by atoms with E-state index in [-0.39, 0.29) is 12.3 Å². The summed E-state index contributed by atoms with van der Waals surface area (Å²) >= 11 is 0. The summed E-state index contributed by atoms with van der Waals surface area (Å²) in [5, 5.41) is 26.6. The van der Waals surface area contributed by atoms with Crippen molar-refractivity contribution in [1.29, 1.82) is 10.5 Å². The first-order valence-electron chi connectivity index (χ1n) is 9.53. The monoisotopic (exact) mass is 404 g/mol. The summed E-state index contributed by atoms with van der Waals surface area (Å²) in [5.74, 6) is -1.25. The molecule has 0 heterocycles. The number of carboxylic acid groups (broad SMARTS) is 1. The van der Waals surface area contributed by atoms with Gasteiger partial charge in [-0.2, -0.15) is 10.5 Å². The van der Waals surface area contributed by atoms with Crippen molar-refractivity contribution >= 4 is 11.9 Å². The highest BCUT2D eigenvalue weighted by atomic mass is 16.4. The fourth-order valence-electron chi connectivity index (χ4n) is 1.12. The lowest BCUT2D eigenvalue weighted by Gasteiger charge is -2.17. The predicted molar refractivity (Wildman–Crippen MR) is 120 cm³/mol. The molecule has 0 rings (SSSR count).